The fourth-order valence-electron chi connectivity index (χ4n) is 2.67. The van der Waals surface area contributed by atoms with Crippen molar-refractivity contribution in [3.63, 3.8) is 0 Å². The minimum Gasteiger partial charge on any atom is -0.330 e. The fourth-order valence-corrected chi connectivity index (χ4v) is 2.67. The summed E-state index contributed by atoms with van der Waals surface area (Å²) in [5.74, 6) is 1.45. The molecule has 0 bridgehead atoms. The van der Waals surface area contributed by atoms with Gasteiger partial charge in [0.25, 0.3) is 0 Å². The second-order valence-electron chi connectivity index (χ2n) is 5.79. The molecule has 0 aliphatic carbocycles. The van der Waals surface area contributed by atoms with Gasteiger partial charge in [0.15, 0.2) is 0 Å². The van der Waals surface area contributed by atoms with E-state index in [1.807, 2.05) is 0 Å². The third-order valence-electron chi connectivity index (χ3n) is 4.22. The van der Waals surface area contributed by atoms with Gasteiger partial charge in [0.1, 0.15) is 0 Å². The molecule has 1 atom stereocenters. The second kappa shape index (κ2) is 8.93. The van der Waals surface area contributed by atoms with Crippen molar-refractivity contribution in [1.29, 1.82) is 0 Å². The molecule has 0 saturated heterocycles. The van der Waals surface area contributed by atoms with Crippen LogP contribution in [0.5, 0.6) is 0 Å². The van der Waals surface area contributed by atoms with Gasteiger partial charge in [-0.15, -0.1) is 0 Å². The largest absolute Gasteiger partial charge is 0.330 e. The van der Waals surface area contributed by atoms with E-state index in [1.165, 1.54) is 32.1 Å². The first-order valence-corrected chi connectivity index (χ1v) is 7.48. The van der Waals surface area contributed by atoms with Crippen LogP contribution in [0.3, 0.4) is 0 Å². The number of hydrogen-bond acceptors (Lipinski definition) is 2. The summed E-state index contributed by atoms with van der Waals surface area (Å²) in [5, 5.41) is 3.76. The minimum atomic E-state index is 0.358. The van der Waals surface area contributed by atoms with Gasteiger partial charge in [0.2, 0.25) is 0 Å². The molecule has 17 heavy (non-hydrogen) atoms. The molecule has 104 valence electrons. The molecule has 0 aliphatic heterocycles. The van der Waals surface area contributed by atoms with Crippen molar-refractivity contribution < 1.29 is 0 Å². The molecule has 0 saturated carbocycles. The Morgan fingerprint density at radius 2 is 1.59 bits per heavy atom. The Morgan fingerprint density at radius 1 is 1.06 bits per heavy atom. The van der Waals surface area contributed by atoms with Gasteiger partial charge in [-0.3, -0.25) is 0 Å². The average Bonchev–Trinajstić information content (AvgIpc) is 2.33. The van der Waals surface area contributed by atoms with Crippen molar-refractivity contribution in [2.75, 3.05) is 13.1 Å². The lowest BCUT2D eigenvalue weighted by atomic mass is 9.88. The molecular formula is C15H34N2. The second-order valence-corrected chi connectivity index (χ2v) is 5.79. The number of rotatable bonds is 10. The maximum absolute atomic E-state index is 5.84. The zero-order chi connectivity index (χ0) is 13.3. The van der Waals surface area contributed by atoms with Gasteiger partial charge in [-0.2, -0.15) is 0 Å². The molecule has 0 rings (SSSR count). The quantitative estimate of drug-likeness (QED) is 0.615. The first-order chi connectivity index (χ1) is 8.03. The molecule has 0 spiro atoms. The van der Waals surface area contributed by atoms with Crippen LogP contribution < -0.4 is 11.1 Å². The molecule has 0 aromatic heterocycles. The van der Waals surface area contributed by atoms with Crippen LogP contribution in [0.4, 0.5) is 0 Å². The number of nitrogens with one attached hydrogen (secondary N) is 1. The van der Waals surface area contributed by atoms with E-state index in [9.17, 15) is 0 Å². The van der Waals surface area contributed by atoms with Crippen LogP contribution in [0.15, 0.2) is 0 Å². The molecule has 0 amide bonds. The van der Waals surface area contributed by atoms with E-state index in [2.05, 4.69) is 39.9 Å². The summed E-state index contributed by atoms with van der Waals surface area (Å²) in [6.45, 7) is 13.4. The number of nitrogens with two attached hydrogens (primary N) is 1. The van der Waals surface area contributed by atoms with Gasteiger partial charge >= 0.3 is 0 Å². The molecule has 1 unspecified atom stereocenters. The highest BCUT2D eigenvalue weighted by atomic mass is 15.0. The molecule has 2 nitrogen and oxygen atoms in total. The van der Waals surface area contributed by atoms with E-state index in [4.69, 9.17) is 5.73 Å². The summed E-state index contributed by atoms with van der Waals surface area (Å²) < 4.78 is 0. The molecule has 0 aliphatic rings. The van der Waals surface area contributed by atoms with Crippen LogP contribution >= 0.6 is 0 Å². The van der Waals surface area contributed by atoms with E-state index in [1.54, 1.807) is 0 Å². The molecule has 3 N–H and O–H groups in total. The summed E-state index contributed by atoms with van der Waals surface area (Å²) in [4.78, 5) is 0. The van der Waals surface area contributed by atoms with Gasteiger partial charge in [-0.05, 0) is 57.0 Å². The lowest BCUT2D eigenvalue weighted by Gasteiger charge is -2.32. The average molecular weight is 242 g/mol. The highest BCUT2D eigenvalue weighted by molar-refractivity contribution is 4.84. The van der Waals surface area contributed by atoms with Crippen molar-refractivity contribution in [3.05, 3.63) is 0 Å². The summed E-state index contributed by atoms with van der Waals surface area (Å²) in [6.07, 6.45) is 6.14. The Labute approximate surface area is 109 Å². The molecule has 0 fully saturated rings. The number of hydrogen-bond donors (Lipinski definition) is 2. The summed E-state index contributed by atoms with van der Waals surface area (Å²) in [7, 11) is 0. The lowest BCUT2D eigenvalue weighted by molar-refractivity contribution is 0.274. The highest BCUT2D eigenvalue weighted by Gasteiger charge is 2.22. The monoisotopic (exact) mass is 242 g/mol. The Balaban J connectivity index is 4.01. The standard InChI is InChI=1S/C15H34N2/c1-6-15(7-2,8-3)17-10-9-14(12-16)11-13(4)5/h13-14,17H,6-12,16H2,1-5H3. The van der Waals surface area contributed by atoms with Gasteiger partial charge in [-0.25, -0.2) is 0 Å². The Kier molecular flexibility index (Phi) is 8.89. The Hall–Kier alpha value is -0.0800. The van der Waals surface area contributed by atoms with Crippen LogP contribution in [0.25, 0.3) is 0 Å². The van der Waals surface area contributed by atoms with Crippen LogP contribution in [-0.2, 0) is 0 Å². The maximum Gasteiger partial charge on any atom is 0.0173 e. The predicted molar refractivity (Wildman–Crippen MR) is 78.2 cm³/mol. The van der Waals surface area contributed by atoms with Crippen LogP contribution in [-0.4, -0.2) is 18.6 Å². The van der Waals surface area contributed by atoms with E-state index >= 15 is 0 Å². The van der Waals surface area contributed by atoms with E-state index in [-0.39, 0.29) is 0 Å². The van der Waals surface area contributed by atoms with Gasteiger partial charge in [-0.1, -0.05) is 34.6 Å². The fraction of sp³-hybridized carbons (Fsp3) is 1.00. The lowest BCUT2D eigenvalue weighted by Crippen LogP contribution is -2.44. The van der Waals surface area contributed by atoms with Crippen molar-refractivity contribution >= 4 is 0 Å². The smallest absolute Gasteiger partial charge is 0.0173 e. The van der Waals surface area contributed by atoms with E-state index in [0.717, 1.165) is 19.0 Å². The molecule has 0 heterocycles. The first-order valence-electron chi connectivity index (χ1n) is 7.48. The third kappa shape index (κ3) is 6.42. The highest BCUT2D eigenvalue weighted by Crippen LogP contribution is 2.20. The Morgan fingerprint density at radius 3 is 1.94 bits per heavy atom. The predicted octanol–water partition coefficient (Wildman–Crippen LogP) is 3.56. The van der Waals surface area contributed by atoms with Gasteiger partial charge < -0.3 is 11.1 Å². The molecule has 0 aromatic rings. The van der Waals surface area contributed by atoms with E-state index in [0.29, 0.717) is 11.5 Å². The van der Waals surface area contributed by atoms with Crippen LogP contribution in [0.1, 0.15) is 66.7 Å². The maximum atomic E-state index is 5.84. The molecule has 0 aromatic carbocycles. The van der Waals surface area contributed by atoms with Gasteiger partial charge in [0.05, 0.1) is 0 Å². The Bertz CT molecular complexity index is 165. The zero-order valence-corrected chi connectivity index (χ0v) is 12.7. The summed E-state index contributed by atoms with van der Waals surface area (Å²) in [5.41, 5.74) is 6.20. The summed E-state index contributed by atoms with van der Waals surface area (Å²) in [6, 6.07) is 0. The van der Waals surface area contributed by atoms with Crippen molar-refractivity contribution in [2.45, 2.75) is 72.3 Å². The van der Waals surface area contributed by atoms with Crippen molar-refractivity contribution in [2.24, 2.45) is 17.6 Å². The van der Waals surface area contributed by atoms with Crippen LogP contribution in [0, 0.1) is 11.8 Å². The molecular weight excluding hydrogens is 208 g/mol. The minimum absolute atomic E-state index is 0.358. The normalized spacial score (nSPS) is 14.3. The van der Waals surface area contributed by atoms with Crippen molar-refractivity contribution in [1.82, 2.24) is 5.32 Å². The topological polar surface area (TPSA) is 38.0 Å². The zero-order valence-electron chi connectivity index (χ0n) is 12.7. The van der Waals surface area contributed by atoms with Crippen LogP contribution in [0.2, 0.25) is 0 Å². The summed E-state index contributed by atoms with van der Waals surface area (Å²) >= 11 is 0. The SMILES string of the molecule is CCC(CC)(CC)NCCC(CN)CC(C)C. The van der Waals surface area contributed by atoms with Gasteiger partial charge in [0, 0.05) is 5.54 Å². The van der Waals surface area contributed by atoms with Crippen molar-refractivity contribution in [3.8, 4) is 0 Å². The van der Waals surface area contributed by atoms with E-state index < -0.39 is 0 Å². The first kappa shape index (κ1) is 16.9. The third-order valence-corrected chi connectivity index (χ3v) is 4.22. The molecule has 2 heteroatoms. The molecule has 0 radical (unpaired) electrons.